The van der Waals surface area contributed by atoms with Gasteiger partial charge in [0.05, 0.1) is 0 Å². The Balaban J connectivity index is 1.94. The molecule has 1 unspecified atom stereocenters. The lowest BCUT2D eigenvalue weighted by Crippen LogP contribution is -2.45. The van der Waals surface area contributed by atoms with Gasteiger partial charge in [0.2, 0.25) is 0 Å². The van der Waals surface area contributed by atoms with Gasteiger partial charge in [0.1, 0.15) is 0 Å². The summed E-state index contributed by atoms with van der Waals surface area (Å²) in [6, 6.07) is 1.58. The molecule has 112 valence electrons. The molecule has 0 aromatic carbocycles. The molecule has 0 heterocycles. The molecule has 2 aliphatic rings. The Hall–Kier alpha value is -0.0800. The molecule has 2 heteroatoms. The Kier molecular flexibility index (Phi) is 5.70. The summed E-state index contributed by atoms with van der Waals surface area (Å²) in [5.74, 6) is 0. The maximum Gasteiger partial charge on any atom is 0.00684 e. The van der Waals surface area contributed by atoms with Crippen molar-refractivity contribution in [2.24, 2.45) is 5.41 Å². The summed E-state index contributed by atoms with van der Waals surface area (Å²) in [5.41, 5.74) is 0.553. The zero-order chi connectivity index (χ0) is 13.7. The molecule has 2 fully saturated rings. The molecule has 0 radical (unpaired) electrons. The second-order valence-electron chi connectivity index (χ2n) is 7.24. The molecule has 0 saturated heterocycles. The molecule has 2 nitrogen and oxygen atoms in total. The third kappa shape index (κ3) is 4.75. The van der Waals surface area contributed by atoms with E-state index in [-0.39, 0.29) is 0 Å². The molecule has 2 saturated carbocycles. The van der Waals surface area contributed by atoms with E-state index in [0.29, 0.717) is 5.41 Å². The fourth-order valence-corrected chi connectivity index (χ4v) is 3.51. The van der Waals surface area contributed by atoms with Crippen LogP contribution in [-0.2, 0) is 0 Å². The second-order valence-corrected chi connectivity index (χ2v) is 7.24. The zero-order valence-corrected chi connectivity index (χ0v) is 13.4. The fourth-order valence-electron chi connectivity index (χ4n) is 3.51. The maximum atomic E-state index is 3.83. The third-order valence-electron chi connectivity index (χ3n) is 5.44. The van der Waals surface area contributed by atoms with Gasteiger partial charge in [-0.1, -0.05) is 32.6 Å². The van der Waals surface area contributed by atoms with E-state index in [1.807, 2.05) is 0 Å². The molecule has 0 aromatic rings. The lowest BCUT2D eigenvalue weighted by Gasteiger charge is -2.39. The van der Waals surface area contributed by atoms with Crippen LogP contribution in [0.15, 0.2) is 0 Å². The van der Waals surface area contributed by atoms with Crippen molar-refractivity contribution in [2.75, 3.05) is 20.1 Å². The molecule has 0 aliphatic heterocycles. The standard InChI is InChI=1S/C17H34N2/c1-4-15(2)19(3)14-17(13-18-16-9-10-16)11-7-5-6-8-12-17/h15-16,18H,4-14H2,1-3H3. The van der Waals surface area contributed by atoms with E-state index in [9.17, 15) is 0 Å². The lowest BCUT2D eigenvalue weighted by atomic mass is 9.79. The minimum Gasteiger partial charge on any atom is -0.313 e. The maximum absolute atomic E-state index is 3.83. The van der Waals surface area contributed by atoms with Gasteiger partial charge in [-0.3, -0.25) is 0 Å². The first-order chi connectivity index (χ1) is 9.15. The summed E-state index contributed by atoms with van der Waals surface area (Å²) >= 11 is 0. The van der Waals surface area contributed by atoms with E-state index < -0.39 is 0 Å². The van der Waals surface area contributed by atoms with Crippen molar-refractivity contribution in [2.45, 2.75) is 83.7 Å². The van der Waals surface area contributed by atoms with E-state index in [1.165, 1.54) is 70.9 Å². The van der Waals surface area contributed by atoms with Crippen molar-refractivity contribution >= 4 is 0 Å². The third-order valence-corrected chi connectivity index (χ3v) is 5.44. The molecule has 0 aromatic heterocycles. The molecule has 0 bridgehead atoms. The van der Waals surface area contributed by atoms with Gasteiger partial charge in [0, 0.05) is 25.2 Å². The van der Waals surface area contributed by atoms with Crippen molar-refractivity contribution in [3.63, 3.8) is 0 Å². The van der Waals surface area contributed by atoms with Crippen LogP contribution in [0.5, 0.6) is 0 Å². The van der Waals surface area contributed by atoms with E-state index in [1.54, 1.807) is 0 Å². The Morgan fingerprint density at radius 2 is 1.79 bits per heavy atom. The largest absolute Gasteiger partial charge is 0.313 e. The Bertz CT molecular complexity index is 252. The average molecular weight is 266 g/mol. The van der Waals surface area contributed by atoms with Gasteiger partial charge in [0.25, 0.3) is 0 Å². The molecule has 2 rings (SSSR count). The molecule has 0 spiro atoms. The Labute approximate surface area is 120 Å². The van der Waals surface area contributed by atoms with Crippen molar-refractivity contribution < 1.29 is 0 Å². The highest BCUT2D eigenvalue weighted by molar-refractivity contribution is 4.91. The number of hydrogen-bond donors (Lipinski definition) is 1. The minimum atomic E-state index is 0.553. The number of nitrogens with one attached hydrogen (secondary N) is 1. The van der Waals surface area contributed by atoms with E-state index in [4.69, 9.17) is 0 Å². The van der Waals surface area contributed by atoms with Crippen molar-refractivity contribution in [1.82, 2.24) is 10.2 Å². The smallest absolute Gasteiger partial charge is 0.00684 e. The van der Waals surface area contributed by atoms with Gasteiger partial charge in [-0.15, -0.1) is 0 Å². The first kappa shape index (κ1) is 15.3. The van der Waals surface area contributed by atoms with Gasteiger partial charge >= 0.3 is 0 Å². The SMILES string of the molecule is CCC(C)N(C)CC1(CNC2CC2)CCCCCC1. The quantitative estimate of drug-likeness (QED) is 0.705. The topological polar surface area (TPSA) is 15.3 Å². The molecule has 1 N–H and O–H groups in total. The summed E-state index contributed by atoms with van der Waals surface area (Å²) in [4.78, 5) is 2.61. The summed E-state index contributed by atoms with van der Waals surface area (Å²) in [6.45, 7) is 7.24. The predicted octanol–water partition coefficient (Wildman–Crippen LogP) is 3.81. The van der Waals surface area contributed by atoms with Crippen LogP contribution in [0, 0.1) is 5.41 Å². The molecular formula is C17H34N2. The van der Waals surface area contributed by atoms with Crippen LogP contribution in [0.3, 0.4) is 0 Å². The summed E-state index contributed by atoms with van der Waals surface area (Å²) < 4.78 is 0. The number of hydrogen-bond acceptors (Lipinski definition) is 2. The molecule has 1 atom stereocenters. The first-order valence-electron chi connectivity index (χ1n) is 8.59. The second kappa shape index (κ2) is 7.08. The number of nitrogens with zero attached hydrogens (tertiary/aromatic N) is 1. The average Bonchev–Trinajstić information content (AvgIpc) is 3.23. The van der Waals surface area contributed by atoms with Crippen LogP contribution >= 0.6 is 0 Å². The normalized spacial score (nSPS) is 25.3. The summed E-state index contributed by atoms with van der Waals surface area (Å²) in [7, 11) is 2.33. The van der Waals surface area contributed by atoms with Crippen LogP contribution in [0.1, 0.15) is 71.6 Å². The van der Waals surface area contributed by atoms with Crippen LogP contribution in [-0.4, -0.2) is 37.1 Å². The molecular weight excluding hydrogens is 232 g/mol. The van der Waals surface area contributed by atoms with Crippen LogP contribution < -0.4 is 5.32 Å². The zero-order valence-electron chi connectivity index (χ0n) is 13.4. The van der Waals surface area contributed by atoms with Gasteiger partial charge in [-0.25, -0.2) is 0 Å². The van der Waals surface area contributed by atoms with Crippen molar-refractivity contribution in [3.8, 4) is 0 Å². The van der Waals surface area contributed by atoms with E-state index in [2.05, 4.69) is 31.1 Å². The van der Waals surface area contributed by atoms with Crippen LogP contribution in [0.4, 0.5) is 0 Å². The first-order valence-corrected chi connectivity index (χ1v) is 8.59. The molecule has 19 heavy (non-hydrogen) atoms. The molecule has 2 aliphatic carbocycles. The minimum absolute atomic E-state index is 0.553. The van der Waals surface area contributed by atoms with Gasteiger partial charge < -0.3 is 10.2 Å². The fraction of sp³-hybridized carbons (Fsp3) is 1.00. The lowest BCUT2D eigenvalue weighted by molar-refractivity contribution is 0.118. The van der Waals surface area contributed by atoms with E-state index >= 15 is 0 Å². The Morgan fingerprint density at radius 1 is 1.16 bits per heavy atom. The van der Waals surface area contributed by atoms with Crippen molar-refractivity contribution in [3.05, 3.63) is 0 Å². The highest BCUT2D eigenvalue weighted by Gasteiger charge is 2.34. The summed E-state index contributed by atoms with van der Waals surface area (Å²) in [5, 5.41) is 3.83. The van der Waals surface area contributed by atoms with Gasteiger partial charge in [-0.2, -0.15) is 0 Å². The molecule has 0 amide bonds. The van der Waals surface area contributed by atoms with Crippen LogP contribution in [0.2, 0.25) is 0 Å². The summed E-state index contributed by atoms with van der Waals surface area (Å²) in [6.07, 6.45) is 12.8. The highest BCUT2D eigenvalue weighted by Crippen LogP contribution is 2.36. The van der Waals surface area contributed by atoms with Crippen molar-refractivity contribution in [1.29, 1.82) is 0 Å². The van der Waals surface area contributed by atoms with Gasteiger partial charge in [0.15, 0.2) is 0 Å². The van der Waals surface area contributed by atoms with Gasteiger partial charge in [-0.05, 0) is 51.5 Å². The van der Waals surface area contributed by atoms with E-state index in [0.717, 1.165) is 12.1 Å². The Morgan fingerprint density at radius 3 is 2.32 bits per heavy atom. The van der Waals surface area contributed by atoms with Crippen LogP contribution in [0.25, 0.3) is 0 Å². The predicted molar refractivity (Wildman–Crippen MR) is 83.5 cm³/mol. The highest BCUT2D eigenvalue weighted by atomic mass is 15.1. The number of rotatable bonds is 7. The monoisotopic (exact) mass is 266 g/mol.